The smallest absolute Gasteiger partial charge is 0.338 e. The molecule has 0 radical (unpaired) electrons. The third kappa shape index (κ3) is 4.90. The number of allylic oxidation sites excluding steroid dienone is 1. The van der Waals surface area contributed by atoms with E-state index >= 15 is 0 Å². The van der Waals surface area contributed by atoms with Crippen molar-refractivity contribution < 1.29 is 19.0 Å². The third-order valence-electron chi connectivity index (χ3n) is 5.80. The minimum Gasteiger partial charge on any atom is -0.496 e. The number of aromatic nitrogens is 1. The average Bonchev–Trinajstić information content (AvgIpc) is 3.18. The molecule has 2 aromatic carbocycles. The number of halogens is 1. The van der Waals surface area contributed by atoms with Gasteiger partial charge in [0.2, 0.25) is 0 Å². The molecule has 0 saturated heterocycles. The summed E-state index contributed by atoms with van der Waals surface area (Å²) < 4.78 is 19.5. The predicted molar refractivity (Wildman–Crippen MR) is 143 cm³/mol. The van der Waals surface area contributed by atoms with Crippen LogP contribution in [0.15, 0.2) is 68.0 Å². The Morgan fingerprint density at radius 3 is 2.58 bits per heavy atom. The number of ether oxygens (including phenoxy) is 3. The van der Waals surface area contributed by atoms with Gasteiger partial charge in [0.15, 0.2) is 4.80 Å². The molecule has 188 valence electrons. The first-order valence-corrected chi connectivity index (χ1v) is 13.2. The molecule has 0 fully saturated rings. The molecule has 1 unspecified atom stereocenters. The molecule has 36 heavy (non-hydrogen) atoms. The highest BCUT2D eigenvalue weighted by Gasteiger charge is 2.35. The standard InChI is InChI=1S/C27H27BrN2O5S/c1-5-9-19-23(26(32)35-6-2)24(18-10-7-8-11-21(18)34-4)30-25(31)22(36-27(30)29-19)15-16-14-17(28)12-13-20(16)33-3/h7-8,10-15,24H,5-6,9H2,1-4H3/b22-15-. The zero-order valence-corrected chi connectivity index (χ0v) is 22.9. The first kappa shape index (κ1) is 25.9. The number of hydrogen-bond donors (Lipinski definition) is 0. The second kappa shape index (κ2) is 11.3. The topological polar surface area (TPSA) is 79.1 Å². The number of para-hydroxylation sites is 1. The third-order valence-corrected chi connectivity index (χ3v) is 7.28. The van der Waals surface area contributed by atoms with E-state index in [1.807, 2.05) is 49.4 Å². The van der Waals surface area contributed by atoms with Crippen LogP contribution in [0.25, 0.3) is 6.08 Å². The van der Waals surface area contributed by atoms with Gasteiger partial charge in [0.05, 0.1) is 36.6 Å². The van der Waals surface area contributed by atoms with Crippen LogP contribution < -0.4 is 24.4 Å². The van der Waals surface area contributed by atoms with E-state index in [9.17, 15) is 9.59 Å². The Hall–Kier alpha value is -3.17. The van der Waals surface area contributed by atoms with E-state index in [1.54, 1.807) is 31.8 Å². The summed E-state index contributed by atoms with van der Waals surface area (Å²) in [6.45, 7) is 4.00. The van der Waals surface area contributed by atoms with Crippen molar-refractivity contribution in [1.29, 1.82) is 0 Å². The van der Waals surface area contributed by atoms with Gasteiger partial charge in [-0.1, -0.05) is 58.8 Å². The highest BCUT2D eigenvalue weighted by atomic mass is 79.9. The number of thiazole rings is 1. The summed E-state index contributed by atoms with van der Waals surface area (Å²) in [6, 6.07) is 12.3. The second-order valence-corrected chi connectivity index (χ2v) is 9.97. The van der Waals surface area contributed by atoms with Gasteiger partial charge in [0.1, 0.15) is 17.5 Å². The maximum absolute atomic E-state index is 13.9. The monoisotopic (exact) mass is 570 g/mol. The van der Waals surface area contributed by atoms with Crippen LogP contribution in [-0.2, 0) is 9.53 Å². The fraction of sp³-hybridized carbons (Fsp3) is 0.296. The lowest BCUT2D eigenvalue weighted by molar-refractivity contribution is -0.139. The Balaban J connectivity index is 2.05. The number of rotatable bonds is 8. The van der Waals surface area contributed by atoms with Gasteiger partial charge in [-0.2, -0.15) is 0 Å². The summed E-state index contributed by atoms with van der Waals surface area (Å²) in [4.78, 5) is 32.5. The van der Waals surface area contributed by atoms with Crippen molar-refractivity contribution >= 4 is 39.3 Å². The lowest BCUT2D eigenvalue weighted by atomic mass is 9.93. The average molecular weight is 571 g/mol. The maximum Gasteiger partial charge on any atom is 0.338 e. The van der Waals surface area contributed by atoms with E-state index in [4.69, 9.17) is 19.2 Å². The van der Waals surface area contributed by atoms with Gasteiger partial charge >= 0.3 is 5.97 Å². The number of carbonyl (C=O) groups is 1. The molecule has 0 bridgehead atoms. The molecular weight excluding hydrogens is 544 g/mol. The first-order valence-electron chi connectivity index (χ1n) is 11.6. The Morgan fingerprint density at radius 2 is 1.89 bits per heavy atom. The molecule has 7 nitrogen and oxygen atoms in total. The molecule has 1 aromatic heterocycles. The predicted octanol–water partition coefficient (Wildman–Crippen LogP) is 4.36. The van der Waals surface area contributed by atoms with E-state index in [0.29, 0.717) is 44.1 Å². The van der Waals surface area contributed by atoms with E-state index < -0.39 is 12.0 Å². The molecule has 9 heteroatoms. The normalized spacial score (nSPS) is 15.4. The number of carbonyl (C=O) groups excluding carboxylic acids is 1. The SMILES string of the molecule is CCCC1=C(C(=O)OCC)C(c2ccccc2OC)n2c(s/c(=C\c3cc(Br)ccc3OC)c2=O)=N1. The van der Waals surface area contributed by atoms with Crippen LogP contribution in [-0.4, -0.2) is 31.4 Å². The van der Waals surface area contributed by atoms with Crippen molar-refractivity contribution in [3.8, 4) is 11.5 Å². The van der Waals surface area contributed by atoms with Crippen molar-refractivity contribution in [2.75, 3.05) is 20.8 Å². The highest BCUT2D eigenvalue weighted by Crippen LogP contribution is 2.36. The van der Waals surface area contributed by atoms with Crippen LogP contribution in [0.3, 0.4) is 0 Å². The number of fused-ring (bicyclic) bond motifs is 1. The van der Waals surface area contributed by atoms with Gasteiger partial charge in [-0.15, -0.1) is 0 Å². The fourth-order valence-electron chi connectivity index (χ4n) is 4.27. The molecule has 2 heterocycles. The van der Waals surface area contributed by atoms with Crippen LogP contribution in [0.4, 0.5) is 0 Å². The summed E-state index contributed by atoms with van der Waals surface area (Å²) in [6.07, 6.45) is 3.15. The largest absolute Gasteiger partial charge is 0.496 e. The zero-order chi connectivity index (χ0) is 25.8. The van der Waals surface area contributed by atoms with Gasteiger partial charge in [-0.05, 0) is 43.7 Å². The second-order valence-electron chi connectivity index (χ2n) is 8.04. The number of methoxy groups -OCH3 is 2. The number of nitrogens with zero attached hydrogens (tertiary/aromatic N) is 2. The van der Waals surface area contributed by atoms with Crippen LogP contribution in [0, 0.1) is 0 Å². The molecule has 1 aliphatic rings. The van der Waals surface area contributed by atoms with Gasteiger partial charge in [-0.3, -0.25) is 9.36 Å². The molecule has 1 atom stereocenters. The van der Waals surface area contributed by atoms with E-state index in [-0.39, 0.29) is 12.2 Å². The molecule has 0 aliphatic carbocycles. The van der Waals surface area contributed by atoms with Crippen LogP contribution >= 0.6 is 27.3 Å². The van der Waals surface area contributed by atoms with Crippen molar-refractivity contribution in [3.63, 3.8) is 0 Å². The van der Waals surface area contributed by atoms with Crippen molar-refractivity contribution in [2.45, 2.75) is 32.7 Å². The maximum atomic E-state index is 13.9. The van der Waals surface area contributed by atoms with Crippen LogP contribution in [0.1, 0.15) is 43.9 Å². The summed E-state index contributed by atoms with van der Waals surface area (Å²) in [7, 11) is 3.16. The molecule has 1 aliphatic heterocycles. The van der Waals surface area contributed by atoms with E-state index in [0.717, 1.165) is 16.5 Å². The molecule has 0 amide bonds. The summed E-state index contributed by atoms with van der Waals surface area (Å²) in [5.74, 6) is 0.734. The summed E-state index contributed by atoms with van der Waals surface area (Å²) in [5, 5.41) is 0. The van der Waals surface area contributed by atoms with Gasteiger partial charge < -0.3 is 14.2 Å². The first-order chi connectivity index (χ1) is 17.4. The summed E-state index contributed by atoms with van der Waals surface area (Å²) >= 11 is 4.77. The number of benzene rings is 2. The minimum atomic E-state index is -0.732. The lowest BCUT2D eigenvalue weighted by Gasteiger charge is -2.26. The molecule has 0 N–H and O–H groups in total. The van der Waals surface area contributed by atoms with E-state index in [1.165, 1.54) is 11.3 Å². The zero-order valence-electron chi connectivity index (χ0n) is 20.5. The van der Waals surface area contributed by atoms with Crippen molar-refractivity contribution in [1.82, 2.24) is 4.57 Å². The Kier molecular flexibility index (Phi) is 8.11. The number of esters is 1. The van der Waals surface area contributed by atoms with Gasteiger partial charge in [0, 0.05) is 15.6 Å². The van der Waals surface area contributed by atoms with Gasteiger partial charge in [0.25, 0.3) is 5.56 Å². The summed E-state index contributed by atoms with van der Waals surface area (Å²) in [5.41, 5.74) is 2.18. The molecule has 0 spiro atoms. The lowest BCUT2D eigenvalue weighted by Crippen LogP contribution is -2.40. The van der Waals surface area contributed by atoms with E-state index in [2.05, 4.69) is 15.9 Å². The van der Waals surface area contributed by atoms with Crippen molar-refractivity contribution in [2.24, 2.45) is 4.99 Å². The van der Waals surface area contributed by atoms with Crippen LogP contribution in [0.5, 0.6) is 11.5 Å². The quantitative estimate of drug-likeness (QED) is 0.376. The molecular formula is C27H27BrN2O5S. The Morgan fingerprint density at radius 1 is 1.14 bits per heavy atom. The molecule has 4 rings (SSSR count). The number of hydrogen-bond acceptors (Lipinski definition) is 7. The fourth-order valence-corrected chi connectivity index (χ4v) is 5.66. The Bertz CT molecular complexity index is 1510. The van der Waals surface area contributed by atoms with Gasteiger partial charge in [-0.25, -0.2) is 9.79 Å². The Labute approximate surface area is 221 Å². The molecule has 3 aromatic rings. The van der Waals surface area contributed by atoms with Crippen LogP contribution in [0.2, 0.25) is 0 Å². The highest BCUT2D eigenvalue weighted by molar-refractivity contribution is 9.10. The minimum absolute atomic E-state index is 0.216. The van der Waals surface area contributed by atoms with Crippen molar-refractivity contribution in [3.05, 3.63) is 89.0 Å². The molecule has 0 saturated carbocycles.